The Balaban J connectivity index is 2.22. The molecule has 0 saturated heterocycles. The predicted molar refractivity (Wildman–Crippen MR) is 67.4 cm³/mol. The third-order valence-corrected chi connectivity index (χ3v) is 2.84. The van der Waals surface area contributed by atoms with E-state index >= 15 is 0 Å². The van der Waals surface area contributed by atoms with Gasteiger partial charge < -0.3 is 0 Å². The van der Waals surface area contributed by atoms with Gasteiger partial charge >= 0.3 is 0 Å². The van der Waals surface area contributed by atoms with Crippen LogP contribution < -0.4 is 0 Å². The Kier molecular flexibility index (Phi) is 3.50. The van der Waals surface area contributed by atoms with Gasteiger partial charge in [-0.2, -0.15) is 5.10 Å². The molecule has 0 aromatic carbocycles. The van der Waals surface area contributed by atoms with Crippen LogP contribution in [0.15, 0.2) is 18.5 Å². The maximum Gasteiger partial charge on any atom is 0.172 e. The molecule has 5 nitrogen and oxygen atoms in total. The van der Waals surface area contributed by atoms with Crippen molar-refractivity contribution < 1.29 is 4.79 Å². The molecule has 2 aromatic rings. The van der Waals surface area contributed by atoms with Crippen molar-refractivity contribution in [2.45, 2.75) is 33.7 Å². The second-order valence-corrected chi connectivity index (χ2v) is 4.18. The van der Waals surface area contributed by atoms with Gasteiger partial charge in [-0.25, -0.2) is 9.67 Å². The fourth-order valence-electron chi connectivity index (χ4n) is 1.91. The number of Topliss-reactive ketones (excluding diaryl/α,β-unsaturated/α-hetero) is 1. The summed E-state index contributed by atoms with van der Waals surface area (Å²) >= 11 is 0. The minimum absolute atomic E-state index is 0.0303. The number of rotatable bonds is 4. The van der Waals surface area contributed by atoms with Crippen LogP contribution in [0.5, 0.6) is 0 Å². The highest BCUT2D eigenvalue weighted by Gasteiger charge is 2.14. The van der Waals surface area contributed by atoms with Crippen molar-refractivity contribution in [3.05, 3.63) is 41.2 Å². The molecule has 0 aliphatic heterocycles. The number of aryl methyl sites for hydroxylation is 3. The first kappa shape index (κ1) is 12.4. The highest BCUT2D eigenvalue weighted by molar-refractivity contribution is 5.98. The van der Waals surface area contributed by atoms with Gasteiger partial charge in [0.2, 0.25) is 0 Å². The molecular formula is C13H16N4O. The molecule has 0 spiro atoms. The fourth-order valence-corrected chi connectivity index (χ4v) is 1.91. The molecule has 5 heteroatoms. The average Bonchev–Trinajstić information content (AvgIpc) is 2.76. The Hall–Kier alpha value is -2.04. The van der Waals surface area contributed by atoms with Gasteiger partial charge in [-0.1, -0.05) is 0 Å². The lowest BCUT2D eigenvalue weighted by Crippen LogP contribution is -2.12. The number of carbonyl (C=O) groups excluding carboxylic acids is 1. The third kappa shape index (κ3) is 2.45. The number of nitrogens with zero attached hydrogens (tertiary/aromatic N) is 4. The van der Waals surface area contributed by atoms with E-state index in [1.54, 1.807) is 4.68 Å². The lowest BCUT2D eigenvalue weighted by molar-refractivity contribution is 0.0988. The standard InChI is InChI=1S/C13H16N4O/c1-4-17-13(14-8-15-17)7-12(18)11-6-5-9(2)16-10(11)3/h5-6,8H,4,7H2,1-3H3. The van der Waals surface area contributed by atoms with Crippen LogP contribution >= 0.6 is 0 Å². The lowest BCUT2D eigenvalue weighted by atomic mass is 10.1. The number of hydrogen-bond acceptors (Lipinski definition) is 4. The predicted octanol–water partition coefficient (Wildman–Crippen LogP) is 1.74. The Bertz CT molecular complexity index is 574. The first-order valence-corrected chi connectivity index (χ1v) is 5.96. The number of carbonyl (C=O) groups is 1. The molecular weight excluding hydrogens is 228 g/mol. The summed E-state index contributed by atoms with van der Waals surface area (Å²) in [5.74, 6) is 0.727. The van der Waals surface area contributed by atoms with Crippen LogP contribution in [-0.2, 0) is 13.0 Å². The Morgan fingerprint density at radius 2 is 2.11 bits per heavy atom. The zero-order valence-corrected chi connectivity index (χ0v) is 10.8. The summed E-state index contributed by atoms with van der Waals surface area (Å²) < 4.78 is 1.73. The van der Waals surface area contributed by atoms with Crippen LogP contribution in [0.2, 0.25) is 0 Å². The summed E-state index contributed by atoms with van der Waals surface area (Å²) in [7, 11) is 0. The van der Waals surface area contributed by atoms with E-state index in [0.717, 1.165) is 11.4 Å². The van der Waals surface area contributed by atoms with Gasteiger partial charge in [0.25, 0.3) is 0 Å². The van der Waals surface area contributed by atoms with Gasteiger partial charge in [-0.15, -0.1) is 0 Å². The zero-order chi connectivity index (χ0) is 13.1. The first-order valence-electron chi connectivity index (χ1n) is 5.96. The molecule has 0 aliphatic rings. The van der Waals surface area contributed by atoms with E-state index < -0.39 is 0 Å². The maximum atomic E-state index is 12.2. The molecule has 0 aliphatic carbocycles. The molecule has 0 fully saturated rings. The van der Waals surface area contributed by atoms with E-state index in [4.69, 9.17) is 0 Å². The normalized spacial score (nSPS) is 10.6. The van der Waals surface area contributed by atoms with E-state index in [1.165, 1.54) is 6.33 Å². The molecule has 0 saturated carbocycles. The fraction of sp³-hybridized carbons (Fsp3) is 0.385. The van der Waals surface area contributed by atoms with Gasteiger partial charge in [0.15, 0.2) is 5.78 Å². The highest BCUT2D eigenvalue weighted by atomic mass is 16.1. The van der Waals surface area contributed by atoms with Crippen molar-refractivity contribution in [3.63, 3.8) is 0 Å². The summed E-state index contributed by atoms with van der Waals surface area (Å²) in [6.45, 7) is 6.45. The van der Waals surface area contributed by atoms with Crippen LogP contribution in [0.25, 0.3) is 0 Å². The molecule has 0 atom stereocenters. The maximum absolute atomic E-state index is 12.2. The smallest absolute Gasteiger partial charge is 0.172 e. The Labute approximate surface area is 106 Å². The van der Waals surface area contributed by atoms with Crippen LogP contribution in [0.4, 0.5) is 0 Å². The van der Waals surface area contributed by atoms with Crippen molar-refractivity contribution in [2.24, 2.45) is 0 Å². The molecule has 2 heterocycles. The van der Waals surface area contributed by atoms with Crippen molar-refractivity contribution in [2.75, 3.05) is 0 Å². The lowest BCUT2D eigenvalue weighted by Gasteiger charge is -2.05. The van der Waals surface area contributed by atoms with E-state index in [9.17, 15) is 4.79 Å². The molecule has 0 radical (unpaired) electrons. The van der Waals surface area contributed by atoms with E-state index in [0.29, 0.717) is 17.9 Å². The monoisotopic (exact) mass is 244 g/mol. The van der Waals surface area contributed by atoms with Gasteiger partial charge in [0.05, 0.1) is 6.42 Å². The van der Waals surface area contributed by atoms with Crippen molar-refractivity contribution in [3.8, 4) is 0 Å². The Morgan fingerprint density at radius 3 is 2.78 bits per heavy atom. The number of hydrogen-bond donors (Lipinski definition) is 0. The van der Waals surface area contributed by atoms with Gasteiger partial charge in [-0.05, 0) is 32.9 Å². The minimum atomic E-state index is 0.0303. The topological polar surface area (TPSA) is 60.7 Å². The van der Waals surface area contributed by atoms with E-state index in [1.807, 2.05) is 32.9 Å². The van der Waals surface area contributed by atoms with Gasteiger partial charge in [0, 0.05) is 23.5 Å². The molecule has 0 unspecified atom stereocenters. The van der Waals surface area contributed by atoms with Crippen LogP contribution in [0.3, 0.4) is 0 Å². The quantitative estimate of drug-likeness (QED) is 0.768. The molecule has 0 amide bonds. The molecule has 0 bridgehead atoms. The second-order valence-electron chi connectivity index (χ2n) is 4.18. The summed E-state index contributed by atoms with van der Waals surface area (Å²) in [5.41, 5.74) is 2.34. The van der Waals surface area contributed by atoms with E-state index in [-0.39, 0.29) is 12.2 Å². The molecule has 2 rings (SSSR count). The van der Waals surface area contributed by atoms with Crippen LogP contribution in [-0.4, -0.2) is 25.5 Å². The van der Waals surface area contributed by atoms with Gasteiger partial charge in [0.1, 0.15) is 12.2 Å². The van der Waals surface area contributed by atoms with Crippen molar-refractivity contribution in [1.82, 2.24) is 19.7 Å². The zero-order valence-electron chi connectivity index (χ0n) is 10.8. The summed E-state index contributed by atoms with van der Waals surface area (Å²) in [4.78, 5) is 20.6. The highest BCUT2D eigenvalue weighted by Crippen LogP contribution is 2.10. The number of ketones is 1. The minimum Gasteiger partial charge on any atom is -0.294 e. The third-order valence-electron chi connectivity index (χ3n) is 2.84. The van der Waals surface area contributed by atoms with Crippen molar-refractivity contribution >= 4 is 5.78 Å². The molecule has 94 valence electrons. The second kappa shape index (κ2) is 5.08. The largest absolute Gasteiger partial charge is 0.294 e. The van der Waals surface area contributed by atoms with E-state index in [2.05, 4.69) is 15.1 Å². The average molecular weight is 244 g/mol. The SMILES string of the molecule is CCn1ncnc1CC(=O)c1ccc(C)nc1C. The molecule has 2 aromatic heterocycles. The van der Waals surface area contributed by atoms with Crippen molar-refractivity contribution in [1.29, 1.82) is 0 Å². The Morgan fingerprint density at radius 1 is 1.33 bits per heavy atom. The number of aromatic nitrogens is 4. The number of pyridine rings is 1. The molecule has 0 N–H and O–H groups in total. The molecule has 18 heavy (non-hydrogen) atoms. The summed E-state index contributed by atoms with van der Waals surface area (Å²) in [5, 5.41) is 4.06. The summed E-state index contributed by atoms with van der Waals surface area (Å²) in [6.07, 6.45) is 1.74. The summed E-state index contributed by atoms with van der Waals surface area (Å²) in [6, 6.07) is 3.68. The van der Waals surface area contributed by atoms with Crippen LogP contribution in [0.1, 0.15) is 34.5 Å². The van der Waals surface area contributed by atoms with Crippen LogP contribution in [0, 0.1) is 13.8 Å². The first-order chi connectivity index (χ1) is 8.61. The van der Waals surface area contributed by atoms with Gasteiger partial charge in [-0.3, -0.25) is 9.78 Å².